The molecule has 9 nitrogen and oxygen atoms in total. The zero-order valence-corrected chi connectivity index (χ0v) is 24.3. The van der Waals surface area contributed by atoms with Crippen LogP contribution < -0.4 is 5.73 Å². The monoisotopic (exact) mass is 563 g/mol. The molecule has 10 atom stereocenters. The van der Waals surface area contributed by atoms with E-state index in [0.717, 1.165) is 38.5 Å². The maximum Gasteiger partial charge on any atom is 0.323 e. The molecule has 0 amide bonds. The number of carboxylic acids is 3. The van der Waals surface area contributed by atoms with Crippen LogP contribution in [0.3, 0.4) is 0 Å². The van der Waals surface area contributed by atoms with Crippen molar-refractivity contribution in [2.75, 3.05) is 0 Å². The summed E-state index contributed by atoms with van der Waals surface area (Å²) in [5, 5.41) is 27.5. The smallest absolute Gasteiger partial charge is 0.323 e. The number of nitrogens with two attached hydrogens (primary N) is 1. The molecule has 4 aliphatic carbocycles. The van der Waals surface area contributed by atoms with Gasteiger partial charge in [-0.25, -0.2) is 0 Å². The summed E-state index contributed by atoms with van der Waals surface area (Å²) in [5.41, 5.74) is 6.33. The van der Waals surface area contributed by atoms with Gasteiger partial charge in [-0.1, -0.05) is 20.8 Å². The Morgan fingerprint density at radius 1 is 0.850 bits per heavy atom. The number of carboxylic acid groups (broad SMARTS) is 3. The topological polar surface area (TPSA) is 164 Å². The van der Waals surface area contributed by atoms with E-state index in [0.29, 0.717) is 41.9 Å². The third-order valence-electron chi connectivity index (χ3n) is 12.1. The summed E-state index contributed by atoms with van der Waals surface area (Å²) < 4.78 is 5.78. The fraction of sp³-hybridized carbons (Fsp3) is 0.871. The van der Waals surface area contributed by atoms with E-state index in [4.69, 9.17) is 15.6 Å². The molecule has 4 rings (SSSR count). The predicted molar refractivity (Wildman–Crippen MR) is 147 cm³/mol. The van der Waals surface area contributed by atoms with E-state index >= 15 is 0 Å². The Labute approximate surface area is 237 Å². The molecule has 0 spiro atoms. The van der Waals surface area contributed by atoms with Crippen molar-refractivity contribution in [2.45, 2.75) is 116 Å². The third kappa shape index (κ3) is 5.90. The van der Waals surface area contributed by atoms with Crippen LogP contribution in [0.15, 0.2) is 0 Å². The highest BCUT2D eigenvalue weighted by molar-refractivity contribution is 5.92. The minimum absolute atomic E-state index is 0.0885. The fourth-order valence-corrected chi connectivity index (χ4v) is 9.93. The molecule has 0 saturated heterocycles. The molecule has 0 aromatic heterocycles. The Bertz CT molecular complexity index is 970. The van der Waals surface area contributed by atoms with E-state index in [1.807, 2.05) is 0 Å². The molecule has 4 saturated carbocycles. The van der Waals surface area contributed by atoms with Crippen molar-refractivity contribution in [1.82, 2.24) is 0 Å². The molecule has 0 radical (unpaired) electrons. The molecular weight excluding hydrogens is 514 g/mol. The number of carbonyl (C=O) groups is 4. The Balaban J connectivity index is 1.36. The predicted octanol–water partition coefficient (Wildman–Crippen LogP) is 4.95. The van der Waals surface area contributed by atoms with Crippen molar-refractivity contribution in [3.8, 4) is 0 Å². The molecule has 0 bridgehead atoms. The first-order chi connectivity index (χ1) is 18.8. The first-order valence-corrected chi connectivity index (χ1v) is 15.4. The van der Waals surface area contributed by atoms with Gasteiger partial charge in [-0.2, -0.15) is 0 Å². The van der Waals surface area contributed by atoms with Crippen LogP contribution in [0.1, 0.15) is 104 Å². The van der Waals surface area contributed by atoms with Crippen LogP contribution in [0.5, 0.6) is 0 Å². The van der Waals surface area contributed by atoms with E-state index in [2.05, 4.69) is 20.8 Å². The molecule has 0 heterocycles. The van der Waals surface area contributed by atoms with Crippen LogP contribution in [-0.2, 0) is 23.9 Å². The largest absolute Gasteiger partial charge is 0.481 e. The molecule has 9 heteroatoms. The lowest BCUT2D eigenvalue weighted by atomic mass is 9.44. The van der Waals surface area contributed by atoms with Crippen molar-refractivity contribution in [1.29, 1.82) is 0 Å². The van der Waals surface area contributed by atoms with Crippen molar-refractivity contribution < 1.29 is 39.2 Å². The van der Waals surface area contributed by atoms with Crippen LogP contribution in [-0.4, -0.2) is 51.3 Å². The lowest BCUT2D eigenvalue weighted by Gasteiger charge is -2.61. The average Bonchev–Trinajstić information content (AvgIpc) is 3.24. The Morgan fingerprint density at radius 2 is 1.50 bits per heavy atom. The zero-order chi connectivity index (χ0) is 29.4. The highest BCUT2D eigenvalue weighted by Crippen LogP contribution is 2.68. The minimum Gasteiger partial charge on any atom is -0.481 e. The molecule has 9 unspecified atom stereocenters. The second kappa shape index (κ2) is 12.0. The SMILES string of the molecule is C[C@H](CCC(C(=O)O)C(=O)O)C1CCC2C3CCC4CC(OC(=O)C(N)CCC(=O)O)CCC4(C)C3CCC21C. The van der Waals surface area contributed by atoms with Gasteiger partial charge in [-0.05, 0) is 123 Å². The number of rotatable bonds is 11. The van der Waals surface area contributed by atoms with Gasteiger partial charge < -0.3 is 25.8 Å². The van der Waals surface area contributed by atoms with Gasteiger partial charge in [0.2, 0.25) is 0 Å². The summed E-state index contributed by atoms with van der Waals surface area (Å²) in [7, 11) is 0. The van der Waals surface area contributed by atoms with Crippen molar-refractivity contribution in [3.63, 3.8) is 0 Å². The first-order valence-electron chi connectivity index (χ1n) is 15.4. The van der Waals surface area contributed by atoms with E-state index in [9.17, 15) is 29.4 Å². The van der Waals surface area contributed by atoms with Gasteiger partial charge in [-0.15, -0.1) is 0 Å². The molecule has 4 aliphatic rings. The molecule has 40 heavy (non-hydrogen) atoms. The molecule has 5 N–H and O–H groups in total. The molecule has 0 aromatic rings. The number of carbonyl (C=O) groups excluding carboxylic acids is 1. The highest BCUT2D eigenvalue weighted by Gasteiger charge is 2.60. The van der Waals surface area contributed by atoms with Gasteiger partial charge in [-0.3, -0.25) is 19.2 Å². The summed E-state index contributed by atoms with van der Waals surface area (Å²) in [4.78, 5) is 46.1. The fourth-order valence-electron chi connectivity index (χ4n) is 9.93. The lowest BCUT2D eigenvalue weighted by Crippen LogP contribution is -2.54. The number of ether oxygens (including phenoxy) is 1. The minimum atomic E-state index is -1.33. The first kappa shape index (κ1) is 30.8. The van der Waals surface area contributed by atoms with Crippen LogP contribution in [0.2, 0.25) is 0 Å². The number of hydrogen-bond acceptors (Lipinski definition) is 6. The van der Waals surface area contributed by atoms with Crippen LogP contribution in [0.4, 0.5) is 0 Å². The van der Waals surface area contributed by atoms with Crippen molar-refractivity contribution in [2.24, 2.45) is 58.0 Å². The maximum atomic E-state index is 12.5. The van der Waals surface area contributed by atoms with Crippen LogP contribution in [0, 0.1) is 52.3 Å². The molecule has 0 aromatic carbocycles. The Morgan fingerprint density at radius 3 is 2.15 bits per heavy atom. The van der Waals surface area contributed by atoms with Gasteiger partial charge in [0.05, 0.1) is 0 Å². The summed E-state index contributed by atoms with van der Waals surface area (Å²) in [5.74, 6) is -2.01. The van der Waals surface area contributed by atoms with Gasteiger partial charge in [0.1, 0.15) is 12.1 Å². The van der Waals surface area contributed by atoms with E-state index < -0.39 is 35.8 Å². The lowest BCUT2D eigenvalue weighted by molar-refractivity contribution is -0.164. The second-order valence-electron chi connectivity index (χ2n) is 14.0. The van der Waals surface area contributed by atoms with Gasteiger partial charge in [0, 0.05) is 6.42 Å². The van der Waals surface area contributed by atoms with E-state index in [-0.39, 0.29) is 36.2 Å². The highest BCUT2D eigenvalue weighted by atomic mass is 16.5. The van der Waals surface area contributed by atoms with Gasteiger partial charge >= 0.3 is 23.9 Å². The molecular formula is C31H49NO8. The van der Waals surface area contributed by atoms with Crippen molar-refractivity contribution in [3.05, 3.63) is 0 Å². The maximum absolute atomic E-state index is 12.5. The average molecular weight is 564 g/mol. The summed E-state index contributed by atoms with van der Waals surface area (Å²) >= 11 is 0. The third-order valence-corrected chi connectivity index (χ3v) is 12.1. The van der Waals surface area contributed by atoms with E-state index in [1.54, 1.807) is 0 Å². The standard InChI is InChI=1S/C31H49NO8/c1-17(4-6-21(27(35)36)28(37)38)22-8-9-23-20-7-5-18-16-19(40-29(39)25(32)10-11-26(33)34)12-14-30(18,2)24(20)13-15-31(22,23)3/h17-25H,4-16,32H2,1-3H3,(H,33,34)(H,35,36)(H,37,38)/t17-,18?,19?,20?,22?,23?,24?,25?,30?,31?/m1/s1. The quantitative estimate of drug-likeness (QED) is 0.201. The van der Waals surface area contributed by atoms with Gasteiger partial charge in [0.15, 0.2) is 5.92 Å². The zero-order valence-electron chi connectivity index (χ0n) is 24.3. The Kier molecular flexibility index (Phi) is 9.22. The van der Waals surface area contributed by atoms with E-state index in [1.165, 1.54) is 19.3 Å². The number of esters is 1. The molecule has 4 fully saturated rings. The van der Waals surface area contributed by atoms with Gasteiger partial charge in [0.25, 0.3) is 0 Å². The van der Waals surface area contributed by atoms with Crippen LogP contribution >= 0.6 is 0 Å². The van der Waals surface area contributed by atoms with Crippen molar-refractivity contribution >= 4 is 23.9 Å². The normalized spacial score (nSPS) is 38.4. The number of hydrogen-bond donors (Lipinski definition) is 4. The summed E-state index contributed by atoms with van der Waals surface area (Å²) in [6.07, 6.45) is 10.3. The molecule has 0 aliphatic heterocycles. The summed E-state index contributed by atoms with van der Waals surface area (Å²) in [6.45, 7) is 7.10. The number of aliphatic carboxylic acids is 3. The second-order valence-corrected chi connectivity index (χ2v) is 14.0. The summed E-state index contributed by atoms with van der Waals surface area (Å²) in [6, 6.07) is -0.895. The van der Waals surface area contributed by atoms with Crippen LogP contribution in [0.25, 0.3) is 0 Å². The molecule has 226 valence electrons. The Hall–Kier alpha value is -2.16. The number of fused-ring (bicyclic) bond motifs is 5.